The Morgan fingerprint density at radius 1 is 1.00 bits per heavy atom. The van der Waals surface area contributed by atoms with Gasteiger partial charge in [0.25, 0.3) is 0 Å². The summed E-state index contributed by atoms with van der Waals surface area (Å²) >= 11 is 0. The van der Waals surface area contributed by atoms with E-state index in [4.69, 9.17) is 4.74 Å². The molecule has 0 heterocycles. The summed E-state index contributed by atoms with van der Waals surface area (Å²) in [6.07, 6.45) is 9.93. The molecular formula is C14H28O2. The van der Waals surface area contributed by atoms with Gasteiger partial charge in [-0.25, -0.2) is 0 Å². The van der Waals surface area contributed by atoms with Gasteiger partial charge in [0.15, 0.2) is 0 Å². The zero-order valence-electron chi connectivity index (χ0n) is 11.3. The van der Waals surface area contributed by atoms with Gasteiger partial charge in [-0.1, -0.05) is 46.0 Å². The average molecular weight is 228 g/mol. The van der Waals surface area contributed by atoms with Crippen LogP contribution in [0.5, 0.6) is 0 Å². The topological polar surface area (TPSA) is 26.3 Å². The zero-order chi connectivity index (χ0) is 12.2. The molecule has 1 unspecified atom stereocenters. The minimum Gasteiger partial charge on any atom is -0.463 e. The van der Waals surface area contributed by atoms with Crippen molar-refractivity contribution in [2.75, 3.05) is 0 Å². The Bertz CT molecular complexity index is 166. The number of esters is 1. The van der Waals surface area contributed by atoms with Gasteiger partial charge in [0.05, 0.1) is 6.10 Å². The molecule has 0 spiro atoms. The minimum absolute atomic E-state index is 0.0172. The smallest absolute Gasteiger partial charge is 0.306 e. The maximum absolute atomic E-state index is 11.4. The molecule has 1 atom stereocenters. The van der Waals surface area contributed by atoms with Crippen molar-refractivity contribution < 1.29 is 9.53 Å². The van der Waals surface area contributed by atoms with Crippen molar-refractivity contribution in [3.63, 3.8) is 0 Å². The van der Waals surface area contributed by atoms with E-state index in [9.17, 15) is 4.79 Å². The summed E-state index contributed by atoms with van der Waals surface area (Å²) in [4.78, 5) is 11.4. The van der Waals surface area contributed by atoms with E-state index in [0.29, 0.717) is 6.42 Å². The molecule has 0 aliphatic carbocycles. The summed E-state index contributed by atoms with van der Waals surface area (Å²) in [7, 11) is 0. The molecule has 0 aliphatic heterocycles. The monoisotopic (exact) mass is 228 g/mol. The zero-order valence-corrected chi connectivity index (χ0v) is 11.3. The standard InChI is InChI=1S/C14H28O2/c1-4-6-8-10-11-13(3)16-14(15)12-9-7-5-2/h13H,4-12H2,1-3H3. The number of hydrogen-bond acceptors (Lipinski definition) is 2. The highest BCUT2D eigenvalue weighted by Gasteiger charge is 2.08. The predicted octanol–water partition coefficient (Wildman–Crippen LogP) is 4.47. The van der Waals surface area contributed by atoms with Crippen LogP contribution >= 0.6 is 0 Å². The number of ether oxygens (including phenoxy) is 1. The Morgan fingerprint density at radius 2 is 1.62 bits per heavy atom. The van der Waals surface area contributed by atoms with Gasteiger partial charge in [-0.3, -0.25) is 4.79 Å². The fourth-order valence-electron chi connectivity index (χ4n) is 1.72. The van der Waals surface area contributed by atoms with E-state index in [0.717, 1.165) is 25.7 Å². The van der Waals surface area contributed by atoms with Gasteiger partial charge in [0.1, 0.15) is 0 Å². The largest absolute Gasteiger partial charge is 0.463 e. The Morgan fingerprint density at radius 3 is 2.25 bits per heavy atom. The van der Waals surface area contributed by atoms with Gasteiger partial charge in [-0.15, -0.1) is 0 Å². The third kappa shape index (κ3) is 10.0. The molecule has 16 heavy (non-hydrogen) atoms. The summed E-state index contributed by atoms with van der Waals surface area (Å²) in [5, 5.41) is 0. The lowest BCUT2D eigenvalue weighted by Gasteiger charge is -2.12. The lowest BCUT2D eigenvalue weighted by atomic mass is 10.1. The molecule has 0 aliphatic rings. The van der Waals surface area contributed by atoms with Crippen molar-refractivity contribution in [1.82, 2.24) is 0 Å². The van der Waals surface area contributed by atoms with Gasteiger partial charge in [0.2, 0.25) is 0 Å². The van der Waals surface area contributed by atoms with Crippen molar-refractivity contribution >= 4 is 5.97 Å². The van der Waals surface area contributed by atoms with E-state index in [1.165, 1.54) is 25.7 Å². The number of unbranched alkanes of at least 4 members (excludes halogenated alkanes) is 5. The van der Waals surface area contributed by atoms with Crippen LogP contribution < -0.4 is 0 Å². The van der Waals surface area contributed by atoms with Gasteiger partial charge in [0, 0.05) is 6.42 Å². The second kappa shape index (κ2) is 11.0. The van der Waals surface area contributed by atoms with Crippen LogP contribution in [0.1, 0.15) is 78.6 Å². The van der Waals surface area contributed by atoms with E-state index in [2.05, 4.69) is 13.8 Å². The molecule has 0 amide bonds. The number of rotatable bonds is 10. The molecule has 0 radical (unpaired) electrons. The molecule has 0 aromatic carbocycles. The lowest BCUT2D eigenvalue weighted by molar-refractivity contribution is -0.148. The van der Waals surface area contributed by atoms with Crippen LogP contribution in [0.2, 0.25) is 0 Å². The first-order chi connectivity index (χ1) is 7.70. The van der Waals surface area contributed by atoms with Gasteiger partial charge >= 0.3 is 5.97 Å². The third-order valence-corrected chi connectivity index (χ3v) is 2.78. The highest BCUT2D eigenvalue weighted by Crippen LogP contribution is 2.09. The van der Waals surface area contributed by atoms with E-state index in [1.807, 2.05) is 6.92 Å². The Hall–Kier alpha value is -0.530. The molecule has 0 aromatic heterocycles. The van der Waals surface area contributed by atoms with Crippen molar-refractivity contribution in [1.29, 1.82) is 0 Å². The summed E-state index contributed by atoms with van der Waals surface area (Å²) in [6, 6.07) is 0. The van der Waals surface area contributed by atoms with Gasteiger partial charge in [-0.2, -0.15) is 0 Å². The highest BCUT2D eigenvalue weighted by atomic mass is 16.5. The Labute approximate surface area is 101 Å². The second-order valence-electron chi connectivity index (χ2n) is 4.61. The molecule has 0 rings (SSSR count). The van der Waals surface area contributed by atoms with Crippen LogP contribution in [-0.4, -0.2) is 12.1 Å². The van der Waals surface area contributed by atoms with E-state index >= 15 is 0 Å². The first kappa shape index (κ1) is 15.5. The summed E-state index contributed by atoms with van der Waals surface area (Å²) in [5.41, 5.74) is 0. The Balaban J connectivity index is 3.39. The molecule has 2 nitrogen and oxygen atoms in total. The van der Waals surface area contributed by atoms with Gasteiger partial charge < -0.3 is 4.74 Å². The minimum atomic E-state index is -0.0172. The molecule has 96 valence electrons. The van der Waals surface area contributed by atoms with E-state index in [1.54, 1.807) is 0 Å². The quantitative estimate of drug-likeness (QED) is 0.407. The molecule has 0 aromatic rings. The van der Waals surface area contributed by atoms with Crippen LogP contribution in [0, 0.1) is 0 Å². The average Bonchev–Trinajstić information content (AvgIpc) is 2.25. The highest BCUT2D eigenvalue weighted by molar-refractivity contribution is 5.69. The van der Waals surface area contributed by atoms with Crippen molar-refractivity contribution in [2.45, 2.75) is 84.7 Å². The second-order valence-corrected chi connectivity index (χ2v) is 4.61. The molecule has 0 saturated heterocycles. The van der Waals surface area contributed by atoms with Crippen molar-refractivity contribution in [2.24, 2.45) is 0 Å². The fraction of sp³-hybridized carbons (Fsp3) is 0.929. The summed E-state index contributed by atoms with van der Waals surface area (Å²) < 4.78 is 5.34. The SMILES string of the molecule is CCCCCCC(C)OC(=O)CCCCC. The van der Waals surface area contributed by atoms with E-state index in [-0.39, 0.29) is 12.1 Å². The maximum atomic E-state index is 11.4. The molecule has 0 fully saturated rings. The first-order valence-corrected chi connectivity index (χ1v) is 6.90. The van der Waals surface area contributed by atoms with Crippen LogP contribution in [0.3, 0.4) is 0 Å². The molecular weight excluding hydrogens is 200 g/mol. The first-order valence-electron chi connectivity index (χ1n) is 6.90. The number of hydrogen-bond donors (Lipinski definition) is 0. The normalized spacial score (nSPS) is 12.4. The fourth-order valence-corrected chi connectivity index (χ4v) is 1.72. The lowest BCUT2D eigenvalue weighted by Crippen LogP contribution is -2.14. The van der Waals surface area contributed by atoms with Crippen LogP contribution in [-0.2, 0) is 9.53 Å². The van der Waals surface area contributed by atoms with Gasteiger partial charge in [-0.05, 0) is 26.2 Å². The predicted molar refractivity (Wildman–Crippen MR) is 68.5 cm³/mol. The maximum Gasteiger partial charge on any atom is 0.306 e. The summed E-state index contributed by atoms with van der Waals surface area (Å²) in [5.74, 6) is -0.0172. The van der Waals surface area contributed by atoms with Crippen LogP contribution in [0.15, 0.2) is 0 Å². The third-order valence-electron chi connectivity index (χ3n) is 2.78. The van der Waals surface area contributed by atoms with Crippen molar-refractivity contribution in [3.8, 4) is 0 Å². The van der Waals surface area contributed by atoms with Crippen LogP contribution in [0.25, 0.3) is 0 Å². The van der Waals surface area contributed by atoms with Crippen LogP contribution in [0.4, 0.5) is 0 Å². The number of carbonyl (C=O) groups is 1. The van der Waals surface area contributed by atoms with Crippen molar-refractivity contribution in [3.05, 3.63) is 0 Å². The molecule has 0 saturated carbocycles. The van der Waals surface area contributed by atoms with E-state index < -0.39 is 0 Å². The summed E-state index contributed by atoms with van der Waals surface area (Å²) in [6.45, 7) is 6.35. The Kier molecular flexibility index (Phi) is 10.6. The molecule has 2 heteroatoms. The number of carbonyl (C=O) groups excluding carboxylic acids is 1. The molecule has 0 N–H and O–H groups in total. The molecule has 0 bridgehead atoms.